The van der Waals surface area contributed by atoms with Gasteiger partial charge in [-0.3, -0.25) is 10.1 Å². The van der Waals surface area contributed by atoms with E-state index in [0.29, 0.717) is 31.5 Å². The number of rotatable bonds is 6. The quantitative estimate of drug-likeness (QED) is 0.597. The molecule has 0 radical (unpaired) electrons. The van der Waals surface area contributed by atoms with Crippen LogP contribution in [0.5, 0.6) is 0 Å². The lowest BCUT2D eigenvalue weighted by Crippen LogP contribution is -2.46. The molecule has 0 spiro atoms. The monoisotopic (exact) mass is 338 g/mol. The number of nitrogens with two attached hydrogens (primary N) is 1. The summed E-state index contributed by atoms with van der Waals surface area (Å²) in [6.45, 7) is 9.83. The molecule has 1 saturated heterocycles. The Labute approximate surface area is 141 Å². The van der Waals surface area contributed by atoms with Crippen LogP contribution in [0.1, 0.15) is 34.1 Å². The van der Waals surface area contributed by atoms with E-state index in [4.69, 9.17) is 10.5 Å². The molecular weight excluding hydrogens is 312 g/mol. The Kier molecular flexibility index (Phi) is 5.76. The summed E-state index contributed by atoms with van der Waals surface area (Å²) in [6, 6.07) is 0. The molecule has 1 fully saturated rings. The molecule has 2 rings (SSSR count). The molecule has 1 aliphatic rings. The average molecular weight is 338 g/mol. The number of ether oxygens (including phenoxy) is 1. The van der Waals surface area contributed by atoms with E-state index in [2.05, 4.69) is 29.1 Å². The summed E-state index contributed by atoms with van der Waals surface area (Å²) in [4.78, 5) is 21.2. The van der Waals surface area contributed by atoms with Crippen LogP contribution in [0.25, 0.3) is 0 Å². The highest BCUT2D eigenvalue weighted by molar-refractivity contribution is 5.71. The number of hydrogen-bond donors (Lipinski definition) is 2. The molecule has 1 aromatic heterocycles. The van der Waals surface area contributed by atoms with Gasteiger partial charge in [0.15, 0.2) is 0 Å². The SMILES string of the molecule is CC(C)CCNc1nc(N)c([N+](=O)[O-])c(N2C[C@@H](C)O[C@H](C)C2)n1. The molecule has 0 saturated carbocycles. The molecule has 9 heteroatoms. The van der Waals surface area contributed by atoms with E-state index in [1.54, 1.807) is 0 Å². The van der Waals surface area contributed by atoms with E-state index in [1.165, 1.54) is 0 Å². The summed E-state index contributed by atoms with van der Waals surface area (Å²) in [5.74, 6) is 0.985. The zero-order valence-electron chi connectivity index (χ0n) is 14.7. The fraction of sp³-hybridized carbons (Fsp3) is 0.733. The summed E-state index contributed by atoms with van der Waals surface area (Å²) in [5.41, 5.74) is 5.60. The first-order valence-corrected chi connectivity index (χ1v) is 8.24. The van der Waals surface area contributed by atoms with Crippen LogP contribution in [0.2, 0.25) is 0 Å². The summed E-state index contributed by atoms with van der Waals surface area (Å²) >= 11 is 0. The molecule has 134 valence electrons. The van der Waals surface area contributed by atoms with E-state index < -0.39 is 4.92 Å². The number of nitrogens with zero attached hydrogens (tertiary/aromatic N) is 4. The van der Waals surface area contributed by atoms with Crippen molar-refractivity contribution in [3.63, 3.8) is 0 Å². The molecule has 0 bridgehead atoms. The second kappa shape index (κ2) is 7.61. The van der Waals surface area contributed by atoms with Crippen LogP contribution in [0, 0.1) is 16.0 Å². The van der Waals surface area contributed by atoms with Crippen LogP contribution in [0.4, 0.5) is 23.3 Å². The zero-order chi connectivity index (χ0) is 17.9. The van der Waals surface area contributed by atoms with Crippen molar-refractivity contribution >= 4 is 23.3 Å². The van der Waals surface area contributed by atoms with Crippen molar-refractivity contribution in [2.75, 3.05) is 35.6 Å². The Bertz CT molecular complexity index is 585. The number of anilines is 3. The van der Waals surface area contributed by atoms with Crippen LogP contribution in [-0.4, -0.2) is 46.7 Å². The molecule has 0 aliphatic carbocycles. The highest BCUT2D eigenvalue weighted by atomic mass is 16.6. The van der Waals surface area contributed by atoms with E-state index in [-0.39, 0.29) is 29.5 Å². The van der Waals surface area contributed by atoms with Gasteiger partial charge in [-0.05, 0) is 26.2 Å². The third-order valence-electron chi connectivity index (χ3n) is 3.80. The number of morpholine rings is 1. The molecular formula is C15H26N6O3. The van der Waals surface area contributed by atoms with Crippen molar-refractivity contribution in [2.24, 2.45) is 5.92 Å². The highest BCUT2D eigenvalue weighted by Crippen LogP contribution is 2.33. The molecule has 1 aromatic rings. The summed E-state index contributed by atoms with van der Waals surface area (Å²) in [7, 11) is 0. The van der Waals surface area contributed by atoms with Gasteiger partial charge in [-0.1, -0.05) is 13.8 Å². The van der Waals surface area contributed by atoms with E-state index >= 15 is 0 Å². The Balaban J connectivity index is 2.31. The third-order valence-corrected chi connectivity index (χ3v) is 3.80. The maximum absolute atomic E-state index is 11.4. The lowest BCUT2D eigenvalue weighted by molar-refractivity contribution is -0.383. The Morgan fingerprint density at radius 2 is 2.00 bits per heavy atom. The normalized spacial score (nSPS) is 21.1. The molecule has 3 N–H and O–H groups in total. The number of nitro groups is 1. The summed E-state index contributed by atoms with van der Waals surface area (Å²) in [5, 5.41) is 14.5. The lowest BCUT2D eigenvalue weighted by Gasteiger charge is -2.35. The second-order valence-electron chi connectivity index (χ2n) is 6.63. The van der Waals surface area contributed by atoms with Gasteiger partial charge < -0.3 is 20.7 Å². The second-order valence-corrected chi connectivity index (χ2v) is 6.63. The minimum atomic E-state index is -0.520. The van der Waals surface area contributed by atoms with Gasteiger partial charge >= 0.3 is 5.69 Å². The van der Waals surface area contributed by atoms with Crippen molar-refractivity contribution in [3.8, 4) is 0 Å². The molecule has 2 heterocycles. The van der Waals surface area contributed by atoms with Gasteiger partial charge in [-0.25, -0.2) is 0 Å². The summed E-state index contributed by atoms with van der Waals surface area (Å²) in [6.07, 6.45) is 0.866. The third kappa shape index (κ3) is 4.44. The van der Waals surface area contributed by atoms with Crippen molar-refractivity contribution in [2.45, 2.75) is 46.3 Å². The molecule has 1 aliphatic heterocycles. The van der Waals surface area contributed by atoms with Crippen molar-refractivity contribution in [1.82, 2.24) is 9.97 Å². The average Bonchev–Trinajstić information content (AvgIpc) is 2.44. The first kappa shape index (κ1) is 18.2. The minimum Gasteiger partial charge on any atom is -0.378 e. The molecule has 9 nitrogen and oxygen atoms in total. The van der Waals surface area contributed by atoms with Crippen LogP contribution in [0.3, 0.4) is 0 Å². The van der Waals surface area contributed by atoms with Gasteiger partial charge in [0.25, 0.3) is 0 Å². The molecule has 0 amide bonds. The van der Waals surface area contributed by atoms with Crippen LogP contribution in [0.15, 0.2) is 0 Å². The zero-order valence-corrected chi connectivity index (χ0v) is 14.7. The Morgan fingerprint density at radius 1 is 1.38 bits per heavy atom. The van der Waals surface area contributed by atoms with Gasteiger partial charge in [-0.2, -0.15) is 9.97 Å². The fourth-order valence-corrected chi connectivity index (χ4v) is 2.76. The van der Waals surface area contributed by atoms with Gasteiger partial charge in [0.1, 0.15) is 0 Å². The number of hydrogen-bond acceptors (Lipinski definition) is 8. The number of nitrogens with one attached hydrogen (secondary N) is 1. The van der Waals surface area contributed by atoms with Crippen molar-refractivity contribution < 1.29 is 9.66 Å². The van der Waals surface area contributed by atoms with E-state index in [1.807, 2.05) is 18.7 Å². The molecule has 0 unspecified atom stereocenters. The maximum atomic E-state index is 11.4. The standard InChI is InChI=1S/C15H26N6O3/c1-9(2)5-6-17-15-18-13(16)12(21(22)23)14(19-15)20-7-10(3)24-11(4)8-20/h9-11H,5-8H2,1-4H3,(H3,16,17,18,19)/t10-,11-/m1/s1. The fourth-order valence-electron chi connectivity index (χ4n) is 2.76. The van der Waals surface area contributed by atoms with Crippen LogP contribution < -0.4 is 16.0 Å². The Morgan fingerprint density at radius 3 is 2.54 bits per heavy atom. The smallest absolute Gasteiger partial charge is 0.353 e. The van der Waals surface area contributed by atoms with E-state index in [0.717, 1.165) is 6.42 Å². The van der Waals surface area contributed by atoms with Crippen LogP contribution >= 0.6 is 0 Å². The maximum Gasteiger partial charge on any atom is 0.353 e. The van der Waals surface area contributed by atoms with Crippen LogP contribution in [-0.2, 0) is 4.74 Å². The van der Waals surface area contributed by atoms with Gasteiger partial charge in [0, 0.05) is 19.6 Å². The first-order valence-electron chi connectivity index (χ1n) is 8.24. The number of aromatic nitrogens is 2. The van der Waals surface area contributed by atoms with Gasteiger partial charge in [-0.15, -0.1) is 0 Å². The first-order chi connectivity index (χ1) is 11.3. The predicted octanol–water partition coefficient (Wildman–Crippen LogP) is 2.04. The summed E-state index contributed by atoms with van der Waals surface area (Å²) < 4.78 is 5.69. The Hall–Kier alpha value is -2.16. The molecule has 0 aromatic carbocycles. The van der Waals surface area contributed by atoms with Gasteiger partial charge in [0.2, 0.25) is 17.6 Å². The van der Waals surface area contributed by atoms with Gasteiger partial charge in [0.05, 0.1) is 17.1 Å². The minimum absolute atomic E-state index is 0.0399. The lowest BCUT2D eigenvalue weighted by atomic mass is 10.1. The van der Waals surface area contributed by atoms with E-state index in [9.17, 15) is 10.1 Å². The molecule has 24 heavy (non-hydrogen) atoms. The van der Waals surface area contributed by atoms with Crippen molar-refractivity contribution in [3.05, 3.63) is 10.1 Å². The largest absolute Gasteiger partial charge is 0.378 e. The number of nitrogen functional groups attached to an aromatic ring is 1. The molecule has 2 atom stereocenters. The topological polar surface area (TPSA) is 119 Å². The van der Waals surface area contributed by atoms with Crippen molar-refractivity contribution in [1.29, 1.82) is 0 Å². The predicted molar refractivity (Wildman–Crippen MR) is 93.3 cm³/mol. The highest BCUT2D eigenvalue weighted by Gasteiger charge is 2.31.